The van der Waals surface area contributed by atoms with Crippen LogP contribution >= 0.6 is 11.6 Å². The van der Waals surface area contributed by atoms with Gasteiger partial charge in [-0.15, -0.1) is 0 Å². The second-order valence-electron chi connectivity index (χ2n) is 1.37. The van der Waals surface area contributed by atoms with E-state index in [1.54, 1.807) is 0 Å². The van der Waals surface area contributed by atoms with Gasteiger partial charge in [0.2, 0.25) is 0 Å². The van der Waals surface area contributed by atoms with E-state index in [9.17, 15) is 0 Å². The first-order valence-electron chi connectivity index (χ1n) is 2.00. The van der Waals surface area contributed by atoms with Crippen LogP contribution in [-0.2, 0) is 0 Å². The molecule has 0 aliphatic heterocycles. The molecule has 2 heteroatoms. The van der Waals surface area contributed by atoms with E-state index in [4.69, 9.17) is 25.4 Å². The Balaban J connectivity index is 3.14. The second-order valence-corrected chi connectivity index (χ2v) is 1.74. The van der Waals surface area contributed by atoms with Crippen LogP contribution in [0.25, 0.3) is 0 Å². The smallest absolute Gasteiger partial charge is 0.193 e. The summed E-state index contributed by atoms with van der Waals surface area (Å²) in [5, 5.41) is 0.222. The van der Waals surface area contributed by atoms with Crippen molar-refractivity contribution in [3.8, 4) is 0 Å². The largest absolute Gasteiger partial charge is 0.449 e. The fourth-order valence-corrected chi connectivity index (χ4v) is 0.587. The molecule has 1 rings (SSSR count). The molecule has 0 bridgehead atoms. The Labute approximate surface area is 53.3 Å². The lowest BCUT2D eigenvalue weighted by atomic mass is 10.3. The summed E-state index contributed by atoms with van der Waals surface area (Å²) >= 11 is 5.34. The van der Waals surface area contributed by atoms with E-state index in [1.807, 2.05) is 0 Å². The van der Waals surface area contributed by atoms with Crippen molar-refractivity contribution in [2.75, 3.05) is 0 Å². The fourth-order valence-electron chi connectivity index (χ4n) is 0.387. The zero-order valence-corrected chi connectivity index (χ0v) is 4.77. The quantitative estimate of drug-likeness (QED) is 0.519. The van der Waals surface area contributed by atoms with Gasteiger partial charge in [-0.05, 0) is 23.2 Å². The molecule has 8 heavy (non-hydrogen) atoms. The first-order chi connectivity index (χ1) is 3.70. The molecule has 1 aromatic heterocycles. The van der Waals surface area contributed by atoms with Crippen LogP contribution in [-0.4, -0.2) is 0 Å². The lowest BCUT2D eigenvalue weighted by Gasteiger charge is -1.78. The Hall–Kier alpha value is -0.430. The lowest BCUT2D eigenvalue weighted by molar-refractivity contribution is 0.549. The topological polar surface area (TPSA) is 13.1 Å². The maximum atomic E-state index is 5.34. The molecule has 0 aliphatic carbocycles. The first-order valence-corrected chi connectivity index (χ1v) is 2.38. The summed E-state index contributed by atoms with van der Waals surface area (Å²) < 4.78 is 4.63. The minimum Gasteiger partial charge on any atom is -0.449 e. The predicted octanol–water partition coefficient (Wildman–Crippen LogP) is 2.05. The van der Waals surface area contributed by atoms with Crippen molar-refractivity contribution >= 4 is 11.6 Å². The molecule has 0 fully saturated rings. The maximum absolute atomic E-state index is 5.34. The number of furan rings is 1. The van der Waals surface area contributed by atoms with Crippen LogP contribution in [0, 0.1) is 13.8 Å². The molecule has 0 atom stereocenters. The van der Waals surface area contributed by atoms with Gasteiger partial charge in [0.15, 0.2) is 5.22 Å². The van der Waals surface area contributed by atoms with Crippen molar-refractivity contribution in [1.29, 1.82) is 0 Å². The Bertz CT molecular complexity index is 171. The van der Waals surface area contributed by atoms with E-state index in [1.165, 1.54) is 6.07 Å². The number of halogens is 1. The van der Waals surface area contributed by atoms with Gasteiger partial charge in [0, 0.05) is 13.8 Å². The van der Waals surface area contributed by atoms with Crippen molar-refractivity contribution in [1.82, 2.24) is 0 Å². The van der Waals surface area contributed by atoms with Gasteiger partial charge in [0.05, 0.1) is 0 Å². The van der Waals surface area contributed by atoms with Crippen molar-refractivity contribution in [2.45, 2.75) is 0 Å². The molecule has 0 aliphatic rings. The Morgan fingerprint density at radius 3 is 2.25 bits per heavy atom. The highest BCUT2D eigenvalue weighted by molar-refractivity contribution is 6.28. The van der Waals surface area contributed by atoms with Crippen LogP contribution in [0.3, 0.4) is 0 Å². The van der Waals surface area contributed by atoms with Gasteiger partial charge in [-0.2, -0.15) is 0 Å². The molecule has 4 radical (unpaired) electrons. The van der Waals surface area contributed by atoms with Crippen LogP contribution in [0.4, 0.5) is 0 Å². The van der Waals surface area contributed by atoms with Gasteiger partial charge in [-0.25, -0.2) is 0 Å². The van der Waals surface area contributed by atoms with Gasteiger partial charge < -0.3 is 4.42 Å². The predicted molar refractivity (Wildman–Crippen MR) is 30.5 cm³/mol. The first kappa shape index (κ1) is 5.70. The fraction of sp³-hybridized carbons (Fsp3) is 0. The molecule has 40 valence electrons. The van der Waals surface area contributed by atoms with Crippen molar-refractivity contribution in [3.05, 3.63) is 36.5 Å². The van der Waals surface area contributed by atoms with Crippen LogP contribution in [0.1, 0.15) is 11.3 Å². The summed E-state index contributed by atoms with van der Waals surface area (Å²) in [6.45, 7) is 10.4. The molecule has 0 amide bonds. The third-order valence-electron chi connectivity index (χ3n) is 0.761. The normalized spacial score (nSPS) is 9.88. The molecular weight excluding hydrogens is 124 g/mol. The highest BCUT2D eigenvalue weighted by atomic mass is 35.5. The average molecular weight is 127 g/mol. The summed E-state index contributed by atoms with van der Waals surface area (Å²) in [5.41, 5.74) is 0.384. The minimum atomic E-state index is 0.176. The van der Waals surface area contributed by atoms with Crippen molar-refractivity contribution in [3.63, 3.8) is 0 Å². The van der Waals surface area contributed by atoms with Crippen molar-refractivity contribution in [2.24, 2.45) is 0 Å². The van der Waals surface area contributed by atoms with Crippen LogP contribution in [0.15, 0.2) is 10.5 Å². The molecule has 0 aromatic carbocycles. The van der Waals surface area contributed by atoms with Gasteiger partial charge >= 0.3 is 0 Å². The molecule has 1 heterocycles. The third kappa shape index (κ3) is 0.869. The van der Waals surface area contributed by atoms with Gasteiger partial charge in [-0.3, -0.25) is 0 Å². The summed E-state index contributed by atoms with van der Waals surface area (Å²) in [6.07, 6.45) is 0. The van der Waals surface area contributed by atoms with E-state index in [2.05, 4.69) is 4.42 Å². The number of hydrogen-bond donors (Lipinski definition) is 0. The highest BCUT2D eigenvalue weighted by Crippen LogP contribution is 2.16. The summed E-state index contributed by atoms with van der Waals surface area (Å²) in [4.78, 5) is 0. The second kappa shape index (κ2) is 1.82. The van der Waals surface area contributed by atoms with Crippen LogP contribution in [0.5, 0.6) is 0 Å². The van der Waals surface area contributed by atoms with E-state index in [0.29, 0.717) is 5.56 Å². The molecule has 0 spiro atoms. The SMILES string of the molecule is [CH]c1cc(Cl)oc1[CH]. The highest BCUT2D eigenvalue weighted by Gasteiger charge is 1.98. The van der Waals surface area contributed by atoms with E-state index < -0.39 is 0 Å². The Kier molecular flexibility index (Phi) is 1.30. The van der Waals surface area contributed by atoms with E-state index >= 15 is 0 Å². The molecular formula is C6H3ClO. The van der Waals surface area contributed by atoms with Crippen molar-refractivity contribution < 1.29 is 4.42 Å². The third-order valence-corrected chi connectivity index (χ3v) is 0.947. The summed E-state index contributed by atoms with van der Waals surface area (Å²) in [5.74, 6) is 0.176. The minimum absolute atomic E-state index is 0.176. The number of rotatable bonds is 0. The van der Waals surface area contributed by atoms with Crippen LogP contribution in [0.2, 0.25) is 5.22 Å². The van der Waals surface area contributed by atoms with Gasteiger partial charge in [0.25, 0.3) is 0 Å². The maximum Gasteiger partial charge on any atom is 0.193 e. The number of hydrogen-bond acceptors (Lipinski definition) is 1. The van der Waals surface area contributed by atoms with E-state index in [-0.39, 0.29) is 11.0 Å². The Morgan fingerprint density at radius 2 is 2.12 bits per heavy atom. The zero-order valence-electron chi connectivity index (χ0n) is 4.02. The lowest BCUT2D eigenvalue weighted by Crippen LogP contribution is -1.63. The summed E-state index contributed by atoms with van der Waals surface area (Å²) in [7, 11) is 0. The molecule has 0 unspecified atom stereocenters. The summed E-state index contributed by atoms with van der Waals surface area (Å²) in [6, 6.07) is 1.46. The Morgan fingerprint density at radius 1 is 1.50 bits per heavy atom. The molecule has 0 saturated heterocycles. The average Bonchev–Trinajstić information content (AvgIpc) is 1.85. The standard InChI is InChI=1S/C6H3ClO/c1-4-3-6(7)8-5(4)2/h1-3H. The van der Waals surface area contributed by atoms with Gasteiger partial charge in [-0.1, -0.05) is 0 Å². The van der Waals surface area contributed by atoms with Crippen LogP contribution < -0.4 is 0 Å². The molecule has 1 nitrogen and oxygen atoms in total. The molecule has 0 saturated carbocycles. The van der Waals surface area contributed by atoms with Gasteiger partial charge in [0.1, 0.15) is 5.76 Å². The molecule has 0 N–H and O–H groups in total. The monoisotopic (exact) mass is 126 g/mol. The zero-order chi connectivity index (χ0) is 6.15. The van der Waals surface area contributed by atoms with E-state index in [0.717, 1.165) is 0 Å². The molecule has 1 aromatic rings.